The van der Waals surface area contributed by atoms with E-state index in [1.165, 1.54) is 30.5 Å². The molecule has 0 bridgehead atoms. The van der Waals surface area contributed by atoms with E-state index in [4.69, 9.17) is 5.73 Å². The van der Waals surface area contributed by atoms with Crippen molar-refractivity contribution in [3.05, 3.63) is 29.8 Å². The molecule has 1 aliphatic rings. The summed E-state index contributed by atoms with van der Waals surface area (Å²) >= 11 is 0. The van der Waals surface area contributed by atoms with Crippen LogP contribution in [0.3, 0.4) is 0 Å². The topological polar surface area (TPSA) is 41.3 Å². The van der Waals surface area contributed by atoms with Gasteiger partial charge in [-0.05, 0) is 57.5 Å². The molecule has 3 N–H and O–H groups in total. The summed E-state index contributed by atoms with van der Waals surface area (Å²) in [6.45, 7) is 0.986. The molecule has 0 amide bonds. The summed E-state index contributed by atoms with van der Waals surface area (Å²) in [4.78, 5) is 2.19. The van der Waals surface area contributed by atoms with Crippen LogP contribution >= 0.6 is 0 Å². The predicted octanol–water partition coefficient (Wildman–Crippen LogP) is 2.43. The molecule has 18 heavy (non-hydrogen) atoms. The third-order valence-electron chi connectivity index (χ3n) is 3.51. The van der Waals surface area contributed by atoms with Gasteiger partial charge in [-0.2, -0.15) is 0 Å². The second kappa shape index (κ2) is 6.21. The van der Waals surface area contributed by atoms with Crippen LogP contribution < -0.4 is 11.1 Å². The molecule has 0 radical (unpaired) electrons. The van der Waals surface area contributed by atoms with Gasteiger partial charge in [0, 0.05) is 24.3 Å². The van der Waals surface area contributed by atoms with Crippen LogP contribution in [0.15, 0.2) is 24.3 Å². The van der Waals surface area contributed by atoms with Gasteiger partial charge in [0.1, 0.15) is 0 Å². The molecular weight excluding hydrogens is 222 g/mol. The van der Waals surface area contributed by atoms with Crippen molar-refractivity contribution in [3.63, 3.8) is 0 Å². The molecule has 1 aliphatic carbocycles. The van der Waals surface area contributed by atoms with Crippen molar-refractivity contribution < 1.29 is 0 Å². The SMILES string of the molecule is CN(C)Cc1cccc(NC2CCCC(N)C2)c1. The van der Waals surface area contributed by atoms with Crippen molar-refractivity contribution >= 4 is 5.69 Å². The van der Waals surface area contributed by atoms with Crippen LogP contribution in [0, 0.1) is 0 Å². The zero-order chi connectivity index (χ0) is 13.0. The molecule has 0 aromatic heterocycles. The highest BCUT2D eigenvalue weighted by molar-refractivity contribution is 5.46. The van der Waals surface area contributed by atoms with Gasteiger partial charge < -0.3 is 16.0 Å². The fourth-order valence-electron chi connectivity index (χ4n) is 2.72. The maximum absolute atomic E-state index is 6.03. The molecule has 1 aromatic carbocycles. The lowest BCUT2D eigenvalue weighted by Crippen LogP contribution is -2.34. The third kappa shape index (κ3) is 4.00. The summed E-state index contributed by atoms with van der Waals surface area (Å²) in [7, 11) is 4.19. The molecule has 2 rings (SSSR count). The zero-order valence-corrected chi connectivity index (χ0v) is 11.5. The summed E-state index contributed by atoms with van der Waals surface area (Å²) in [5, 5.41) is 3.63. The molecule has 1 aromatic rings. The first-order chi connectivity index (χ1) is 8.63. The van der Waals surface area contributed by atoms with Gasteiger partial charge in [0.25, 0.3) is 0 Å². The van der Waals surface area contributed by atoms with E-state index >= 15 is 0 Å². The fourth-order valence-corrected chi connectivity index (χ4v) is 2.72. The van der Waals surface area contributed by atoms with Gasteiger partial charge in [0.15, 0.2) is 0 Å². The van der Waals surface area contributed by atoms with Crippen molar-refractivity contribution in [2.45, 2.75) is 44.3 Å². The molecule has 3 heteroatoms. The number of rotatable bonds is 4. The third-order valence-corrected chi connectivity index (χ3v) is 3.51. The van der Waals surface area contributed by atoms with E-state index in [9.17, 15) is 0 Å². The van der Waals surface area contributed by atoms with Crippen molar-refractivity contribution in [1.82, 2.24) is 4.90 Å². The minimum Gasteiger partial charge on any atom is -0.382 e. The summed E-state index contributed by atoms with van der Waals surface area (Å²) in [6.07, 6.45) is 4.76. The molecule has 1 saturated carbocycles. The molecule has 3 nitrogen and oxygen atoms in total. The number of nitrogens with one attached hydrogen (secondary N) is 1. The second-order valence-corrected chi connectivity index (χ2v) is 5.71. The van der Waals surface area contributed by atoms with Gasteiger partial charge in [0.2, 0.25) is 0 Å². The van der Waals surface area contributed by atoms with Crippen LogP contribution in [0.5, 0.6) is 0 Å². The number of anilines is 1. The molecule has 0 saturated heterocycles. The van der Waals surface area contributed by atoms with Gasteiger partial charge in [-0.1, -0.05) is 12.1 Å². The van der Waals surface area contributed by atoms with E-state index in [1.54, 1.807) is 0 Å². The predicted molar refractivity (Wildman–Crippen MR) is 77.7 cm³/mol. The molecule has 0 spiro atoms. The minimum atomic E-state index is 0.376. The lowest BCUT2D eigenvalue weighted by Gasteiger charge is -2.28. The van der Waals surface area contributed by atoms with Gasteiger partial charge in [-0.25, -0.2) is 0 Å². The average molecular weight is 247 g/mol. The van der Waals surface area contributed by atoms with E-state index in [1.807, 2.05) is 0 Å². The lowest BCUT2D eigenvalue weighted by molar-refractivity contribution is 0.402. The smallest absolute Gasteiger partial charge is 0.0345 e. The van der Waals surface area contributed by atoms with Gasteiger partial charge >= 0.3 is 0 Å². The maximum atomic E-state index is 6.03. The Kier molecular flexibility index (Phi) is 4.61. The fraction of sp³-hybridized carbons (Fsp3) is 0.600. The Morgan fingerprint density at radius 1 is 1.33 bits per heavy atom. The number of hydrogen-bond acceptors (Lipinski definition) is 3. The molecular formula is C15H25N3. The van der Waals surface area contributed by atoms with E-state index in [2.05, 4.69) is 48.6 Å². The number of nitrogens with two attached hydrogens (primary N) is 1. The Morgan fingerprint density at radius 3 is 2.89 bits per heavy atom. The van der Waals surface area contributed by atoms with Gasteiger partial charge in [-0.15, -0.1) is 0 Å². The van der Waals surface area contributed by atoms with Gasteiger partial charge in [-0.3, -0.25) is 0 Å². The van der Waals surface area contributed by atoms with Crippen LogP contribution in [0.2, 0.25) is 0 Å². The Bertz CT molecular complexity index is 376. The Balaban J connectivity index is 1.96. The summed E-state index contributed by atoms with van der Waals surface area (Å²) < 4.78 is 0. The van der Waals surface area contributed by atoms with Gasteiger partial charge in [0.05, 0.1) is 0 Å². The van der Waals surface area contributed by atoms with Crippen LogP contribution in [-0.4, -0.2) is 31.1 Å². The number of hydrogen-bond donors (Lipinski definition) is 2. The quantitative estimate of drug-likeness (QED) is 0.858. The first kappa shape index (κ1) is 13.4. The van der Waals surface area contributed by atoms with Crippen molar-refractivity contribution in [1.29, 1.82) is 0 Å². The van der Waals surface area contributed by atoms with Crippen LogP contribution in [0.1, 0.15) is 31.2 Å². The molecule has 100 valence electrons. The Labute approximate surface area is 110 Å². The van der Waals surface area contributed by atoms with Crippen molar-refractivity contribution in [3.8, 4) is 0 Å². The highest BCUT2D eigenvalue weighted by Gasteiger charge is 2.18. The second-order valence-electron chi connectivity index (χ2n) is 5.71. The summed E-state index contributed by atoms with van der Waals surface area (Å²) in [5.74, 6) is 0. The number of nitrogens with zero attached hydrogens (tertiary/aromatic N) is 1. The van der Waals surface area contributed by atoms with Crippen molar-refractivity contribution in [2.24, 2.45) is 5.73 Å². The van der Waals surface area contributed by atoms with E-state index in [-0.39, 0.29) is 0 Å². The highest BCUT2D eigenvalue weighted by Crippen LogP contribution is 2.21. The standard InChI is InChI=1S/C15H25N3/c1-18(2)11-12-5-3-7-14(9-12)17-15-8-4-6-13(16)10-15/h3,5,7,9,13,15,17H,4,6,8,10-11,16H2,1-2H3. The van der Waals surface area contributed by atoms with Crippen LogP contribution in [0.4, 0.5) is 5.69 Å². The first-order valence-corrected chi connectivity index (χ1v) is 6.89. The summed E-state index contributed by atoms with van der Waals surface area (Å²) in [5.41, 5.74) is 8.61. The Morgan fingerprint density at radius 2 is 2.17 bits per heavy atom. The highest BCUT2D eigenvalue weighted by atomic mass is 15.0. The molecule has 2 atom stereocenters. The van der Waals surface area contributed by atoms with Crippen molar-refractivity contribution in [2.75, 3.05) is 19.4 Å². The lowest BCUT2D eigenvalue weighted by atomic mass is 9.91. The summed E-state index contributed by atoms with van der Waals surface area (Å²) in [6, 6.07) is 9.63. The molecule has 1 fully saturated rings. The number of benzene rings is 1. The molecule has 0 aliphatic heterocycles. The molecule has 0 heterocycles. The monoisotopic (exact) mass is 247 g/mol. The molecule has 2 unspecified atom stereocenters. The van der Waals surface area contributed by atoms with E-state index in [0.29, 0.717) is 12.1 Å². The average Bonchev–Trinajstić information content (AvgIpc) is 2.28. The van der Waals surface area contributed by atoms with Crippen LogP contribution in [-0.2, 0) is 6.54 Å². The largest absolute Gasteiger partial charge is 0.382 e. The normalized spacial score (nSPS) is 24.2. The zero-order valence-electron chi connectivity index (χ0n) is 11.5. The van der Waals surface area contributed by atoms with Crippen LogP contribution in [0.25, 0.3) is 0 Å². The minimum absolute atomic E-state index is 0.376. The van der Waals surface area contributed by atoms with E-state index < -0.39 is 0 Å². The first-order valence-electron chi connectivity index (χ1n) is 6.89. The maximum Gasteiger partial charge on any atom is 0.0345 e. The van der Waals surface area contributed by atoms with E-state index in [0.717, 1.165) is 13.0 Å². The Hall–Kier alpha value is -1.06.